The molecule has 0 spiro atoms. The summed E-state index contributed by atoms with van der Waals surface area (Å²) in [4.78, 5) is 25.6. The van der Waals surface area contributed by atoms with E-state index in [1.54, 1.807) is 4.90 Å². The zero-order chi connectivity index (χ0) is 13.0. The summed E-state index contributed by atoms with van der Waals surface area (Å²) in [5.74, 6) is -0.0585. The highest BCUT2D eigenvalue weighted by molar-refractivity contribution is 5.91. The third-order valence-corrected chi connectivity index (χ3v) is 3.09. The normalized spacial score (nSPS) is 21.3. The van der Waals surface area contributed by atoms with Crippen molar-refractivity contribution in [1.82, 2.24) is 10.2 Å². The third kappa shape index (κ3) is 3.85. The lowest BCUT2D eigenvalue weighted by atomic mass is 9.98. The summed E-state index contributed by atoms with van der Waals surface area (Å²) in [6, 6.07) is -0.855. The van der Waals surface area contributed by atoms with Gasteiger partial charge in [-0.3, -0.25) is 9.59 Å². The monoisotopic (exact) mass is 277 g/mol. The molecule has 0 aromatic carbocycles. The number of nitrogens with zero attached hydrogens (tertiary/aromatic N) is 1. The van der Waals surface area contributed by atoms with Crippen molar-refractivity contribution in [3.05, 3.63) is 0 Å². The van der Waals surface area contributed by atoms with Crippen LogP contribution in [0.15, 0.2) is 0 Å². The summed E-state index contributed by atoms with van der Waals surface area (Å²) in [5, 5.41) is 2.80. The molecule has 1 aliphatic rings. The van der Waals surface area contributed by atoms with Crippen molar-refractivity contribution in [1.29, 1.82) is 0 Å². The Bertz CT molecular complexity index is 297. The molecule has 2 atom stereocenters. The summed E-state index contributed by atoms with van der Waals surface area (Å²) in [6.07, 6.45) is 1.54. The maximum atomic E-state index is 12.2. The number of piperazine rings is 1. The van der Waals surface area contributed by atoms with Crippen molar-refractivity contribution in [3.63, 3.8) is 0 Å². The first kappa shape index (κ1) is 17.2. The van der Waals surface area contributed by atoms with Gasteiger partial charge in [0.15, 0.2) is 0 Å². The fraction of sp³-hybridized carbons (Fsp3) is 0.833. The van der Waals surface area contributed by atoms with Crippen LogP contribution in [0, 0.1) is 5.92 Å². The molecular formula is C12H24ClN3O2. The van der Waals surface area contributed by atoms with E-state index in [0.29, 0.717) is 19.5 Å². The number of carbonyl (C=O) groups excluding carboxylic acids is 2. The van der Waals surface area contributed by atoms with Crippen LogP contribution in [-0.4, -0.2) is 41.9 Å². The lowest BCUT2D eigenvalue weighted by Crippen LogP contribution is -2.61. The van der Waals surface area contributed by atoms with Crippen LogP contribution in [0.2, 0.25) is 0 Å². The SMILES string of the molecule is CCCC(N)C(=O)N1CCNC(=O)C1C(C)C.Cl. The van der Waals surface area contributed by atoms with E-state index in [0.717, 1.165) is 6.42 Å². The first-order valence-corrected chi connectivity index (χ1v) is 6.32. The van der Waals surface area contributed by atoms with Gasteiger partial charge in [-0.15, -0.1) is 12.4 Å². The Morgan fingerprint density at radius 1 is 1.56 bits per heavy atom. The topological polar surface area (TPSA) is 75.4 Å². The van der Waals surface area contributed by atoms with Gasteiger partial charge in [-0.05, 0) is 12.3 Å². The van der Waals surface area contributed by atoms with Gasteiger partial charge in [-0.25, -0.2) is 0 Å². The first-order valence-electron chi connectivity index (χ1n) is 6.32. The van der Waals surface area contributed by atoms with E-state index >= 15 is 0 Å². The Kier molecular flexibility index (Phi) is 7.25. The van der Waals surface area contributed by atoms with Gasteiger partial charge in [0.05, 0.1) is 6.04 Å². The highest BCUT2D eigenvalue weighted by Gasteiger charge is 2.36. The molecule has 0 radical (unpaired) electrons. The molecule has 106 valence electrons. The molecule has 1 aliphatic heterocycles. The first-order chi connectivity index (χ1) is 7.99. The van der Waals surface area contributed by atoms with Gasteiger partial charge in [-0.2, -0.15) is 0 Å². The molecule has 3 N–H and O–H groups in total. The predicted octanol–water partition coefficient (Wildman–Crippen LogP) is 0.519. The van der Waals surface area contributed by atoms with E-state index in [2.05, 4.69) is 5.32 Å². The van der Waals surface area contributed by atoms with Gasteiger partial charge >= 0.3 is 0 Å². The zero-order valence-electron chi connectivity index (χ0n) is 11.3. The van der Waals surface area contributed by atoms with Crippen LogP contribution < -0.4 is 11.1 Å². The van der Waals surface area contributed by atoms with Gasteiger partial charge in [-0.1, -0.05) is 27.2 Å². The summed E-state index contributed by atoms with van der Waals surface area (Å²) in [7, 11) is 0. The van der Waals surface area contributed by atoms with E-state index < -0.39 is 6.04 Å². The standard InChI is InChI=1S/C12H23N3O2.ClH/c1-4-5-9(13)12(17)15-7-6-14-11(16)10(15)8(2)3;/h8-10H,4-7,13H2,1-3H3,(H,14,16);1H. The number of hydrogen-bond acceptors (Lipinski definition) is 3. The van der Waals surface area contributed by atoms with Crippen LogP contribution in [0.25, 0.3) is 0 Å². The molecule has 18 heavy (non-hydrogen) atoms. The minimum atomic E-state index is -0.479. The molecule has 6 heteroatoms. The molecule has 1 heterocycles. The van der Waals surface area contributed by atoms with Gasteiger partial charge in [0.25, 0.3) is 0 Å². The van der Waals surface area contributed by atoms with E-state index in [4.69, 9.17) is 5.73 Å². The third-order valence-electron chi connectivity index (χ3n) is 3.09. The Hall–Kier alpha value is -0.810. The minimum Gasteiger partial charge on any atom is -0.353 e. The largest absolute Gasteiger partial charge is 0.353 e. The van der Waals surface area contributed by atoms with E-state index in [9.17, 15) is 9.59 Å². The lowest BCUT2D eigenvalue weighted by molar-refractivity contribution is -0.146. The smallest absolute Gasteiger partial charge is 0.243 e. The molecule has 0 aromatic rings. The van der Waals surface area contributed by atoms with Crippen molar-refractivity contribution in [2.45, 2.75) is 45.7 Å². The van der Waals surface area contributed by atoms with Crippen LogP contribution in [0.1, 0.15) is 33.6 Å². The molecular weight excluding hydrogens is 254 g/mol. The molecule has 1 saturated heterocycles. The lowest BCUT2D eigenvalue weighted by Gasteiger charge is -2.38. The summed E-state index contributed by atoms with van der Waals surface area (Å²) in [5.41, 5.74) is 5.84. The predicted molar refractivity (Wildman–Crippen MR) is 73.5 cm³/mol. The summed E-state index contributed by atoms with van der Waals surface area (Å²) in [6.45, 7) is 6.97. The number of nitrogens with one attached hydrogen (secondary N) is 1. The maximum absolute atomic E-state index is 12.2. The molecule has 2 unspecified atom stereocenters. The average Bonchev–Trinajstić information content (AvgIpc) is 2.27. The molecule has 1 rings (SSSR count). The van der Waals surface area contributed by atoms with Crippen LogP contribution in [-0.2, 0) is 9.59 Å². The van der Waals surface area contributed by atoms with Crippen molar-refractivity contribution < 1.29 is 9.59 Å². The Morgan fingerprint density at radius 2 is 2.17 bits per heavy atom. The van der Waals surface area contributed by atoms with Gasteiger partial charge in [0.1, 0.15) is 6.04 Å². The van der Waals surface area contributed by atoms with Crippen LogP contribution in [0.5, 0.6) is 0 Å². The Balaban J connectivity index is 0.00000289. The highest BCUT2D eigenvalue weighted by atomic mass is 35.5. The van der Waals surface area contributed by atoms with Crippen LogP contribution >= 0.6 is 12.4 Å². The van der Waals surface area contributed by atoms with Crippen molar-refractivity contribution in [2.75, 3.05) is 13.1 Å². The van der Waals surface area contributed by atoms with E-state index in [1.807, 2.05) is 20.8 Å². The fourth-order valence-corrected chi connectivity index (χ4v) is 2.24. The number of nitrogens with two attached hydrogens (primary N) is 1. The average molecular weight is 278 g/mol. The molecule has 0 aliphatic carbocycles. The quantitative estimate of drug-likeness (QED) is 0.787. The van der Waals surface area contributed by atoms with Gasteiger partial charge in [0.2, 0.25) is 11.8 Å². The van der Waals surface area contributed by atoms with Gasteiger partial charge < -0.3 is 16.0 Å². The Labute approximate surface area is 115 Å². The van der Waals surface area contributed by atoms with Crippen LogP contribution in [0.3, 0.4) is 0 Å². The number of amides is 2. The second kappa shape index (κ2) is 7.59. The molecule has 2 amide bonds. The molecule has 1 fully saturated rings. The van der Waals surface area contributed by atoms with Crippen molar-refractivity contribution in [2.24, 2.45) is 11.7 Å². The van der Waals surface area contributed by atoms with Crippen molar-refractivity contribution in [3.8, 4) is 0 Å². The number of carbonyl (C=O) groups is 2. The second-order valence-electron chi connectivity index (χ2n) is 4.91. The van der Waals surface area contributed by atoms with Gasteiger partial charge in [0, 0.05) is 13.1 Å². The fourth-order valence-electron chi connectivity index (χ4n) is 2.24. The van der Waals surface area contributed by atoms with E-state index in [1.165, 1.54) is 0 Å². The molecule has 0 aromatic heterocycles. The second-order valence-corrected chi connectivity index (χ2v) is 4.91. The van der Waals surface area contributed by atoms with Crippen molar-refractivity contribution >= 4 is 24.2 Å². The molecule has 0 bridgehead atoms. The molecule has 5 nitrogen and oxygen atoms in total. The Morgan fingerprint density at radius 3 is 2.67 bits per heavy atom. The zero-order valence-corrected chi connectivity index (χ0v) is 12.1. The maximum Gasteiger partial charge on any atom is 0.243 e. The van der Waals surface area contributed by atoms with Crippen LogP contribution in [0.4, 0.5) is 0 Å². The number of rotatable bonds is 4. The molecule has 0 saturated carbocycles. The summed E-state index contributed by atoms with van der Waals surface area (Å²) < 4.78 is 0. The highest BCUT2D eigenvalue weighted by Crippen LogP contribution is 2.15. The number of halogens is 1. The number of hydrogen-bond donors (Lipinski definition) is 2. The summed E-state index contributed by atoms with van der Waals surface area (Å²) >= 11 is 0. The van der Waals surface area contributed by atoms with E-state index in [-0.39, 0.29) is 36.2 Å². The minimum absolute atomic E-state index is 0.